The second-order valence-electron chi connectivity index (χ2n) is 14.5. The first-order valence-corrected chi connectivity index (χ1v) is 18.1. The predicted octanol–water partition coefficient (Wildman–Crippen LogP) is 12.4. The third-order valence-electron chi connectivity index (χ3n) is 11.8. The molecule has 0 unspecified atom stereocenters. The number of rotatable bonds is 2. The summed E-state index contributed by atoms with van der Waals surface area (Å²) in [5.74, 6) is 0. The highest BCUT2D eigenvalue weighted by Crippen LogP contribution is 2.46. The van der Waals surface area contributed by atoms with Gasteiger partial charge in [-0.2, -0.15) is 0 Å². The van der Waals surface area contributed by atoms with Gasteiger partial charge in [-0.05, 0) is 170 Å². The van der Waals surface area contributed by atoms with Gasteiger partial charge in [0.25, 0.3) is 0 Å². The first kappa shape index (κ1) is 28.6. The fraction of sp³-hybridized carbons (Fsp3) is 0.0588. The second-order valence-corrected chi connectivity index (χ2v) is 14.5. The van der Waals surface area contributed by atoms with Crippen LogP contribution in [0.25, 0.3) is 98.5 Å². The van der Waals surface area contributed by atoms with Gasteiger partial charge in [-0.3, -0.25) is 0 Å². The molecule has 238 valence electrons. The Balaban J connectivity index is 1.24. The van der Waals surface area contributed by atoms with Crippen LogP contribution in [-0.2, 0) is 0 Å². The minimum atomic E-state index is 0.990. The number of allylic oxidation sites excluding steroid dienone is 4. The van der Waals surface area contributed by atoms with Crippen LogP contribution >= 0.6 is 0 Å². The lowest BCUT2D eigenvalue weighted by Crippen LogP contribution is -2.22. The van der Waals surface area contributed by atoms with Crippen LogP contribution in [-0.4, -0.2) is 0 Å². The molecule has 0 radical (unpaired) electrons. The second kappa shape index (κ2) is 10.6. The first-order valence-electron chi connectivity index (χ1n) is 18.1. The van der Waals surface area contributed by atoms with Gasteiger partial charge in [-0.25, -0.2) is 0 Å². The molecule has 2 aliphatic rings. The molecule has 51 heavy (non-hydrogen) atoms. The summed E-state index contributed by atoms with van der Waals surface area (Å²) in [5, 5.41) is 18.4. The molecular weight excluding hydrogens is 613 g/mol. The van der Waals surface area contributed by atoms with Crippen LogP contribution in [0.3, 0.4) is 0 Å². The molecule has 0 aliphatic heterocycles. The smallest absolute Gasteiger partial charge is 0.00261 e. The normalized spacial score (nSPS) is 13.8. The monoisotopic (exact) mass is 646 g/mol. The Morgan fingerprint density at radius 1 is 0.471 bits per heavy atom. The van der Waals surface area contributed by atoms with Crippen LogP contribution in [0, 0.1) is 13.8 Å². The van der Waals surface area contributed by atoms with Gasteiger partial charge in [0, 0.05) is 0 Å². The molecule has 11 rings (SSSR count). The summed E-state index contributed by atoms with van der Waals surface area (Å²) < 4.78 is 0. The Bertz CT molecular complexity index is 3160. The highest BCUT2D eigenvalue weighted by molar-refractivity contribution is 6.28. The third-order valence-corrected chi connectivity index (χ3v) is 11.8. The van der Waals surface area contributed by atoms with Crippen molar-refractivity contribution in [1.82, 2.24) is 0 Å². The van der Waals surface area contributed by atoms with Crippen LogP contribution in [0.15, 0.2) is 157 Å². The van der Waals surface area contributed by atoms with E-state index in [-0.39, 0.29) is 0 Å². The van der Waals surface area contributed by atoms with Crippen LogP contribution in [0.1, 0.15) is 17.5 Å². The summed E-state index contributed by atoms with van der Waals surface area (Å²) in [6.07, 6.45) is 10.1. The van der Waals surface area contributed by atoms with E-state index in [0.717, 1.165) is 6.42 Å². The van der Waals surface area contributed by atoms with Gasteiger partial charge in [0.05, 0.1) is 0 Å². The minimum Gasteiger partial charge on any atom is -0.0801 e. The zero-order chi connectivity index (χ0) is 33.8. The highest BCUT2D eigenvalue weighted by atomic mass is 14.2. The Kier molecular flexibility index (Phi) is 5.96. The molecule has 9 aromatic carbocycles. The lowest BCUT2D eigenvalue weighted by molar-refractivity contribution is 1.36. The molecule has 0 amide bonds. The van der Waals surface area contributed by atoms with E-state index < -0.39 is 0 Å². The number of hydrogen-bond acceptors (Lipinski definition) is 0. The van der Waals surface area contributed by atoms with Crippen molar-refractivity contribution in [1.29, 1.82) is 0 Å². The fourth-order valence-electron chi connectivity index (χ4n) is 9.21. The van der Waals surface area contributed by atoms with Crippen LogP contribution in [0.2, 0.25) is 0 Å². The molecule has 9 aromatic rings. The topological polar surface area (TPSA) is 0 Å². The van der Waals surface area contributed by atoms with Crippen molar-refractivity contribution < 1.29 is 0 Å². The van der Waals surface area contributed by atoms with Crippen molar-refractivity contribution in [3.63, 3.8) is 0 Å². The van der Waals surface area contributed by atoms with E-state index in [1.807, 2.05) is 0 Å². The average Bonchev–Trinajstić information content (AvgIpc) is 3.54. The van der Waals surface area contributed by atoms with Crippen molar-refractivity contribution in [3.8, 4) is 22.3 Å². The van der Waals surface area contributed by atoms with Crippen LogP contribution in [0.5, 0.6) is 0 Å². The summed E-state index contributed by atoms with van der Waals surface area (Å²) in [6, 6.07) is 50.5. The number of aryl methyl sites for hydroxylation is 2. The van der Waals surface area contributed by atoms with E-state index in [0.29, 0.717) is 0 Å². The Morgan fingerprint density at radius 2 is 1.10 bits per heavy atom. The van der Waals surface area contributed by atoms with E-state index in [4.69, 9.17) is 0 Å². The maximum absolute atomic E-state index is 2.49. The zero-order valence-electron chi connectivity index (χ0n) is 28.7. The molecule has 0 heteroatoms. The number of fused-ring (bicyclic) bond motifs is 11. The van der Waals surface area contributed by atoms with Crippen molar-refractivity contribution in [2.24, 2.45) is 0 Å². The molecule has 0 fully saturated rings. The van der Waals surface area contributed by atoms with Gasteiger partial charge in [-0.15, -0.1) is 0 Å². The summed E-state index contributed by atoms with van der Waals surface area (Å²) in [6.45, 7) is 4.55. The predicted molar refractivity (Wildman–Crippen MR) is 221 cm³/mol. The Labute approximate surface area is 296 Å². The lowest BCUT2D eigenvalue weighted by Gasteiger charge is -2.19. The maximum atomic E-state index is 2.49. The van der Waals surface area contributed by atoms with Crippen molar-refractivity contribution in [2.75, 3.05) is 0 Å². The van der Waals surface area contributed by atoms with Crippen molar-refractivity contribution in [2.45, 2.75) is 20.3 Å². The average molecular weight is 647 g/mol. The van der Waals surface area contributed by atoms with Gasteiger partial charge in [0.1, 0.15) is 0 Å². The third kappa shape index (κ3) is 4.08. The van der Waals surface area contributed by atoms with Gasteiger partial charge in [0.2, 0.25) is 0 Å². The lowest BCUT2D eigenvalue weighted by atomic mass is 9.84. The molecule has 0 bridgehead atoms. The molecule has 2 aliphatic carbocycles. The van der Waals surface area contributed by atoms with Crippen LogP contribution in [0.4, 0.5) is 0 Å². The molecule has 0 heterocycles. The first-order chi connectivity index (χ1) is 25.1. The number of hydrogen-bond donors (Lipinski definition) is 0. The molecule has 0 saturated heterocycles. The standard InChI is InChI=1S/C51H34/c1-30-19-23-44-46-27-36(22-24-39(46)47-29-45-37(28-48(47)49(44)31(30)2)26-34-13-5-6-14-38(34)45)51-42-17-9-7-15-40(42)50(41-16-8-10-18-43(41)51)35-21-20-32-11-3-4-12-33(32)25-35/h3-13,15-29H,14H2,1-2H3. The molecule has 0 atom stereocenters. The number of benzene rings is 9. The molecule has 0 saturated carbocycles. The SMILES string of the molecule is Cc1ccc2c3cc(-c4c5ccccc5c(-c5ccc6ccccc6c5)c5ccccc45)ccc3c3cc4c(cc3c2c1C)=CC1=CC=CCC=41. The van der Waals surface area contributed by atoms with E-state index >= 15 is 0 Å². The molecule has 0 nitrogen and oxygen atoms in total. The maximum Gasteiger partial charge on any atom is -0.00261 e. The van der Waals surface area contributed by atoms with Gasteiger partial charge in [0.15, 0.2) is 0 Å². The quantitative estimate of drug-likeness (QED) is 0.129. The Hall–Kier alpha value is -6.24. The highest BCUT2D eigenvalue weighted by Gasteiger charge is 2.20. The molecule has 0 aromatic heterocycles. The van der Waals surface area contributed by atoms with Crippen LogP contribution < -0.4 is 10.4 Å². The largest absolute Gasteiger partial charge is 0.0801 e. The van der Waals surface area contributed by atoms with Crippen molar-refractivity contribution >= 4 is 76.3 Å². The zero-order valence-corrected chi connectivity index (χ0v) is 28.7. The Morgan fingerprint density at radius 3 is 1.84 bits per heavy atom. The van der Waals surface area contributed by atoms with Gasteiger partial charge < -0.3 is 0 Å². The summed E-state index contributed by atoms with van der Waals surface area (Å²) in [4.78, 5) is 0. The van der Waals surface area contributed by atoms with E-state index in [2.05, 4.69) is 172 Å². The summed E-state index contributed by atoms with van der Waals surface area (Å²) in [5.41, 5.74) is 10.6. The molecule has 0 N–H and O–H groups in total. The van der Waals surface area contributed by atoms with E-state index in [1.54, 1.807) is 0 Å². The van der Waals surface area contributed by atoms with Gasteiger partial charge in [-0.1, -0.05) is 127 Å². The fourth-order valence-corrected chi connectivity index (χ4v) is 9.21. The molecule has 0 spiro atoms. The summed E-state index contributed by atoms with van der Waals surface area (Å²) >= 11 is 0. The van der Waals surface area contributed by atoms with E-state index in [9.17, 15) is 0 Å². The van der Waals surface area contributed by atoms with Crippen molar-refractivity contribution in [3.05, 3.63) is 179 Å². The molecular formula is C51H34. The van der Waals surface area contributed by atoms with E-state index in [1.165, 1.54) is 120 Å². The summed E-state index contributed by atoms with van der Waals surface area (Å²) in [7, 11) is 0. The minimum absolute atomic E-state index is 0.990. The van der Waals surface area contributed by atoms with Gasteiger partial charge >= 0.3 is 0 Å².